The van der Waals surface area contributed by atoms with Crippen molar-refractivity contribution in [3.63, 3.8) is 0 Å². The Kier molecular flexibility index (Phi) is 3.55. The smallest absolute Gasteiger partial charge is 0.263 e. The van der Waals surface area contributed by atoms with Crippen LogP contribution in [-0.4, -0.2) is 10.5 Å². The van der Waals surface area contributed by atoms with Gasteiger partial charge in [-0.15, -0.1) is 0 Å². The molecule has 0 atom stereocenters. The van der Waals surface area contributed by atoms with Crippen LogP contribution in [0.25, 0.3) is 0 Å². The van der Waals surface area contributed by atoms with Crippen molar-refractivity contribution in [1.29, 1.82) is 0 Å². The van der Waals surface area contributed by atoms with Crippen molar-refractivity contribution in [3.8, 4) is 0 Å². The summed E-state index contributed by atoms with van der Waals surface area (Å²) in [7, 11) is 1.61. The number of hydrogen-bond acceptors (Lipinski definition) is 3. The van der Waals surface area contributed by atoms with Gasteiger partial charge in [-0.1, -0.05) is 0 Å². The summed E-state index contributed by atoms with van der Waals surface area (Å²) in [6, 6.07) is 5.06. The van der Waals surface area contributed by atoms with Crippen molar-refractivity contribution >= 4 is 5.91 Å². The number of furan rings is 1. The minimum Gasteiger partial charge on any atom is -0.466 e. The summed E-state index contributed by atoms with van der Waals surface area (Å²) >= 11 is 0. The summed E-state index contributed by atoms with van der Waals surface area (Å²) < 4.78 is 6.76. The van der Waals surface area contributed by atoms with Crippen LogP contribution in [0.1, 0.15) is 27.4 Å². The number of nitrogens with one attached hydrogen (secondary N) is 1. The van der Waals surface area contributed by atoms with Gasteiger partial charge in [0.25, 0.3) is 11.5 Å². The summed E-state index contributed by atoms with van der Waals surface area (Å²) in [6.07, 6.45) is 1.61. The van der Waals surface area contributed by atoms with Gasteiger partial charge in [-0.2, -0.15) is 0 Å². The molecule has 0 aliphatic rings. The van der Waals surface area contributed by atoms with Crippen LogP contribution in [0.15, 0.2) is 33.6 Å². The molecule has 19 heavy (non-hydrogen) atoms. The number of pyridine rings is 1. The first-order chi connectivity index (χ1) is 8.99. The minimum absolute atomic E-state index is 0.142. The quantitative estimate of drug-likeness (QED) is 0.910. The molecule has 5 heteroatoms. The zero-order valence-corrected chi connectivity index (χ0v) is 11.2. The molecule has 1 N–H and O–H groups in total. The van der Waals surface area contributed by atoms with Crippen LogP contribution >= 0.6 is 0 Å². The van der Waals surface area contributed by atoms with Crippen LogP contribution in [0.2, 0.25) is 0 Å². The van der Waals surface area contributed by atoms with Crippen LogP contribution in [0.4, 0.5) is 0 Å². The molecule has 0 aliphatic carbocycles. The van der Waals surface area contributed by atoms with Crippen LogP contribution < -0.4 is 10.9 Å². The Morgan fingerprint density at radius 3 is 2.79 bits per heavy atom. The van der Waals surface area contributed by atoms with E-state index in [-0.39, 0.29) is 17.0 Å². The molecule has 2 rings (SSSR count). The maximum atomic E-state index is 12.0. The van der Waals surface area contributed by atoms with E-state index >= 15 is 0 Å². The molecule has 2 aromatic rings. The standard InChI is InChI=1S/C14H16N2O3/c1-9-7-11(10(2)19-9)8-15-13(17)12-5-4-6-16(3)14(12)18/h4-7H,8H2,1-3H3,(H,15,17). The maximum absolute atomic E-state index is 12.0. The summed E-state index contributed by atoms with van der Waals surface area (Å²) in [6.45, 7) is 4.04. The fourth-order valence-corrected chi connectivity index (χ4v) is 1.90. The topological polar surface area (TPSA) is 64.2 Å². The number of rotatable bonds is 3. The summed E-state index contributed by atoms with van der Waals surface area (Å²) in [5, 5.41) is 2.73. The number of hydrogen-bond donors (Lipinski definition) is 1. The van der Waals surface area contributed by atoms with E-state index in [1.54, 1.807) is 19.3 Å². The lowest BCUT2D eigenvalue weighted by molar-refractivity contribution is 0.0949. The lowest BCUT2D eigenvalue weighted by Gasteiger charge is -2.05. The second kappa shape index (κ2) is 5.14. The molecule has 1 amide bonds. The first kappa shape index (κ1) is 13.1. The van der Waals surface area contributed by atoms with E-state index in [0.29, 0.717) is 6.54 Å². The van der Waals surface area contributed by atoms with Gasteiger partial charge in [0, 0.05) is 25.4 Å². The van der Waals surface area contributed by atoms with Crippen molar-refractivity contribution in [2.24, 2.45) is 7.05 Å². The third-order valence-corrected chi connectivity index (χ3v) is 2.95. The largest absolute Gasteiger partial charge is 0.466 e. The van der Waals surface area contributed by atoms with E-state index in [4.69, 9.17) is 4.42 Å². The van der Waals surface area contributed by atoms with Crippen molar-refractivity contribution in [3.05, 3.63) is 57.4 Å². The zero-order chi connectivity index (χ0) is 14.0. The Balaban J connectivity index is 2.12. The number of aryl methyl sites for hydroxylation is 3. The number of aromatic nitrogens is 1. The molecule has 0 bridgehead atoms. The lowest BCUT2D eigenvalue weighted by atomic mass is 10.2. The molecule has 5 nitrogen and oxygen atoms in total. The first-order valence-electron chi connectivity index (χ1n) is 5.99. The fraction of sp³-hybridized carbons (Fsp3) is 0.286. The van der Waals surface area contributed by atoms with E-state index in [9.17, 15) is 9.59 Å². The molecule has 0 spiro atoms. The normalized spacial score (nSPS) is 10.5. The van der Waals surface area contributed by atoms with Crippen LogP contribution in [0, 0.1) is 13.8 Å². The van der Waals surface area contributed by atoms with Crippen LogP contribution in [-0.2, 0) is 13.6 Å². The van der Waals surface area contributed by atoms with Gasteiger partial charge in [-0.25, -0.2) is 0 Å². The third-order valence-electron chi connectivity index (χ3n) is 2.95. The SMILES string of the molecule is Cc1cc(CNC(=O)c2cccn(C)c2=O)c(C)o1. The minimum atomic E-state index is -0.376. The second-order valence-corrected chi connectivity index (χ2v) is 4.46. The third kappa shape index (κ3) is 2.76. The van der Waals surface area contributed by atoms with Crippen molar-refractivity contribution in [1.82, 2.24) is 9.88 Å². The molecule has 100 valence electrons. The van der Waals surface area contributed by atoms with Crippen molar-refractivity contribution in [2.45, 2.75) is 20.4 Å². The van der Waals surface area contributed by atoms with Gasteiger partial charge in [0.15, 0.2) is 0 Å². The molecular weight excluding hydrogens is 244 g/mol. The fourth-order valence-electron chi connectivity index (χ4n) is 1.90. The summed E-state index contributed by atoms with van der Waals surface area (Å²) in [5.41, 5.74) is 0.751. The molecule has 0 unspecified atom stereocenters. The average Bonchev–Trinajstić information content (AvgIpc) is 2.68. The number of nitrogens with zero attached hydrogens (tertiary/aromatic N) is 1. The Hall–Kier alpha value is -2.30. The van der Waals surface area contributed by atoms with E-state index < -0.39 is 0 Å². The van der Waals surface area contributed by atoms with E-state index in [1.165, 1.54) is 10.6 Å². The van der Waals surface area contributed by atoms with Crippen LogP contribution in [0.5, 0.6) is 0 Å². The Labute approximate surface area is 110 Å². The Bertz CT molecular complexity index is 668. The summed E-state index contributed by atoms with van der Waals surface area (Å²) in [4.78, 5) is 23.7. The summed E-state index contributed by atoms with van der Waals surface area (Å²) in [5.74, 6) is 1.20. The Morgan fingerprint density at radius 1 is 1.42 bits per heavy atom. The van der Waals surface area contributed by atoms with Gasteiger partial charge < -0.3 is 14.3 Å². The molecule has 2 heterocycles. The van der Waals surface area contributed by atoms with Gasteiger partial charge in [0.05, 0.1) is 0 Å². The highest BCUT2D eigenvalue weighted by Crippen LogP contribution is 2.13. The molecule has 0 aliphatic heterocycles. The molecule has 0 aromatic carbocycles. The maximum Gasteiger partial charge on any atom is 0.263 e. The van der Waals surface area contributed by atoms with E-state index in [1.807, 2.05) is 19.9 Å². The molecular formula is C14H16N2O3. The van der Waals surface area contributed by atoms with Gasteiger partial charge in [-0.3, -0.25) is 9.59 Å². The van der Waals surface area contributed by atoms with Crippen molar-refractivity contribution < 1.29 is 9.21 Å². The van der Waals surface area contributed by atoms with E-state index in [2.05, 4.69) is 5.32 Å². The first-order valence-corrected chi connectivity index (χ1v) is 5.99. The van der Waals surface area contributed by atoms with Crippen molar-refractivity contribution in [2.75, 3.05) is 0 Å². The molecule has 0 fully saturated rings. The zero-order valence-electron chi connectivity index (χ0n) is 11.2. The Morgan fingerprint density at radius 2 is 2.16 bits per heavy atom. The predicted molar refractivity (Wildman–Crippen MR) is 71.0 cm³/mol. The molecule has 0 saturated carbocycles. The highest BCUT2D eigenvalue weighted by Gasteiger charge is 2.12. The van der Waals surface area contributed by atoms with Crippen LogP contribution in [0.3, 0.4) is 0 Å². The number of carbonyl (C=O) groups is 1. The molecule has 0 radical (unpaired) electrons. The lowest BCUT2D eigenvalue weighted by Crippen LogP contribution is -2.31. The monoisotopic (exact) mass is 260 g/mol. The van der Waals surface area contributed by atoms with Gasteiger partial charge in [0.2, 0.25) is 0 Å². The van der Waals surface area contributed by atoms with Gasteiger partial charge in [0.1, 0.15) is 17.1 Å². The number of carbonyl (C=O) groups excluding carboxylic acids is 1. The second-order valence-electron chi connectivity index (χ2n) is 4.46. The molecule has 2 aromatic heterocycles. The predicted octanol–water partition coefficient (Wildman–Crippen LogP) is 1.53. The average molecular weight is 260 g/mol. The highest BCUT2D eigenvalue weighted by atomic mass is 16.3. The van der Waals surface area contributed by atoms with E-state index in [0.717, 1.165) is 17.1 Å². The van der Waals surface area contributed by atoms with Gasteiger partial charge in [-0.05, 0) is 32.0 Å². The number of amides is 1. The highest BCUT2D eigenvalue weighted by molar-refractivity contribution is 5.93. The molecule has 0 saturated heterocycles. The van der Waals surface area contributed by atoms with Gasteiger partial charge >= 0.3 is 0 Å².